The van der Waals surface area contributed by atoms with E-state index in [9.17, 15) is 26.4 Å². The molecule has 10 heteroatoms. The zero-order chi connectivity index (χ0) is 19.0. The van der Waals surface area contributed by atoms with Gasteiger partial charge in [-0.25, -0.2) is 4.79 Å². The summed E-state index contributed by atoms with van der Waals surface area (Å²) in [6.45, 7) is 5.10. The average molecular weight is 381 g/mol. The average Bonchev–Trinajstić information content (AvgIpc) is 2.77. The lowest BCUT2D eigenvalue weighted by Crippen LogP contribution is -2.39. The molecule has 1 amide bonds. The molecule has 2 rings (SSSR count). The van der Waals surface area contributed by atoms with Crippen molar-refractivity contribution in [1.29, 1.82) is 0 Å². The first kappa shape index (κ1) is 19.4. The third-order valence-electron chi connectivity index (χ3n) is 3.35. The Balaban J connectivity index is 2.13. The predicted molar refractivity (Wildman–Crippen MR) is 82.6 cm³/mol. The van der Waals surface area contributed by atoms with Crippen molar-refractivity contribution in [2.24, 2.45) is 0 Å². The fourth-order valence-electron chi connectivity index (χ4n) is 2.44. The Hall–Kier alpha value is -1.97. The number of carbonyl (C=O) groups is 1. The Bertz CT molecular complexity index is 768. The number of fused-ring (bicyclic) bond motifs is 1. The molecule has 1 aliphatic carbocycles. The van der Waals surface area contributed by atoms with Crippen LogP contribution in [0.5, 0.6) is 5.75 Å². The Kier molecular flexibility index (Phi) is 4.95. The number of rotatable bonds is 3. The fourth-order valence-corrected chi connectivity index (χ4v) is 2.92. The van der Waals surface area contributed by atoms with E-state index in [-0.39, 0.29) is 12.2 Å². The van der Waals surface area contributed by atoms with Crippen LogP contribution in [0, 0.1) is 0 Å². The van der Waals surface area contributed by atoms with Crippen LogP contribution < -0.4 is 9.50 Å². The van der Waals surface area contributed by atoms with Gasteiger partial charge >= 0.3 is 21.7 Å². The second-order valence-corrected chi connectivity index (χ2v) is 8.17. The van der Waals surface area contributed by atoms with Gasteiger partial charge in [0.15, 0.2) is 0 Å². The molecule has 25 heavy (non-hydrogen) atoms. The van der Waals surface area contributed by atoms with Gasteiger partial charge in [0.1, 0.15) is 11.4 Å². The molecule has 0 spiro atoms. The highest BCUT2D eigenvalue weighted by Gasteiger charge is 2.49. The number of carbonyl (C=O) groups excluding carboxylic acids is 1. The number of halogens is 3. The Labute approximate surface area is 143 Å². The first-order valence-corrected chi connectivity index (χ1v) is 8.80. The van der Waals surface area contributed by atoms with Gasteiger partial charge < -0.3 is 14.2 Å². The highest BCUT2D eigenvalue weighted by Crippen LogP contribution is 2.34. The summed E-state index contributed by atoms with van der Waals surface area (Å²) in [5, 5.41) is 2.61. The summed E-state index contributed by atoms with van der Waals surface area (Å²) in [5.41, 5.74) is -5.28. The van der Waals surface area contributed by atoms with E-state index < -0.39 is 33.4 Å². The van der Waals surface area contributed by atoms with Gasteiger partial charge in [0.05, 0.1) is 0 Å². The summed E-state index contributed by atoms with van der Waals surface area (Å²) in [6, 6.07) is 3.76. The van der Waals surface area contributed by atoms with Crippen LogP contribution in [0.3, 0.4) is 0 Å². The van der Waals surface area contributed by atoms with Crippen molar-refractivity contribution >= 4 is 16.2 Å². The van der Waals surface area contributed by atoms with Gasteiger partial charge in [-0.1, -0.05) is 12.1 Å². The van der Waals surface area contributed by atoms with Crippen LogP contribution in [0.4, 0.5) is 18.0 Å². The molecule has 0 saturated heterocycles. The first-order valence-electron chi connectivity index (χ1n) is 7.39. The summed E-state index contributed by atoms with van der Waals surface area (Å²) in [7, 11) is -5.75. The van der Waals surface area contributed by atoms with Crippen molar-refractivity contribution in [2.45, 2.75) is 50.8 Å². The van der Waals surface area contributed by atoms with E-state index in [0.29, 0.717) is 17.5 Å². The first-order chi connectivity index (χ1) is 11.3. The molecule has 6 nitrogen and oxygen atoms in total. The maximum absolute atomic E-state index is 12.5. The molecule has 1 atom stereocenters. The van der Waals surface area contributed by atoms with Crippen molar-refractivity contribution in [3.8, 4) is 5.75 Å². The predicted octanol–water partition coefficient (Wildman–Crippen LogP) is 2.91. The minimum Gasteiger partial charge on any atom is -0.444 e. The largest absolute Gasteiger partial charge is 0.534 e. The fraction of sp³-hybridized carbons (Fsp3) is 0.533. The van der Waals surface area contributed by atoms with E-state index >= 15 is 0 Å². The lowest BCUT2D eigenvalue weighted by molar-refractivity contribution is -0.0500. The van der Waals surface area contributed by atoms with E-state index in [1.807, 2.05) is 0 Å². The monoisotopic (exact) mass is 381 g/mol. The third kappa shape index (κ3) is 4.77. The van der Waals surface area contributed by atoms with E-state index in [2.05, 4.69) is 9.50 Å². The highest BCUT2D eigenvalue weighted by molar-refractivity contribution is 7.88. The molecule has 0 aromatic heterocycles. The number of hydrogen-bond donors (Lipinski definition) is 1. The number of benzene rings is 1. The molecule has 1 aliphatic rings. The molecule has 0 bridgehead atoms. The molecule has 1 N–H and O–H groups in total. The molecular formula is C15H18F3NO5S. The van der Waals surface area contributed by atoms with Crippen molar-refractivity contribution < 1.29 is 35.3 Å². The number of ether oxygens (including phenoxy) is 1. The van der Waals surface area contributed by atoms with Crippen molar-refractivity contribution in [2.75, 3.05) is 0 Å². The number of hydrogen-bond acceptors (Lipinski definition) is 5. The van der Waals surface area contributed by atoms with Crippen LogP contribution in [0.2, 0.25) is 0 Å². The van der Waals surface area contributed by atoms with E-state index in [1.165, 1.54) is 6.07 Å². The molecule has 0 aliphatic heterocycles. The van der Waals surface area contributed by atoms with Crippen LogP contribution in [0.25, 0.3) is 0 Å². The van der Waals surface area contributed by atoms with Crippen LogP contribution in [0.15, 0.2) is 18.2 Å². The van der Waals surface area contributed by atoms with E-state index in [1.54, 1.807) is 26.8 Å². The number of amides is 1. The summed E-state index contributed by atoms with van der Waals surface area (Å²) in [4.78, 5) is 11.8. The van der Waals surface area contributed by atoms with Gasteiger partial charge in [-0.05, 0) is 45.2 Å². The topological polar surface area (TPSA) is 81.7 Å². The molecule has 1 aromatic rings. The zero-order valence-corrected chi connectivity index (χ0v) is 14.6. The van der Waals surface area contributed by atoms with Crippen LogP contribution >= 0.6 is 0 Å². The molecule has 0 radical (unpaired) electrons. The van der Waals surface area contributed by atoms with E-state index in [0.717, 1.165) is 6.07 Å². The van der Waals surface area contributed by atoms with Crippen LogP contribution in [-0.2, 0) is 27.7 Å². The van der Waals surface area contributed by atoms with Gasteiger partial charge in [-0.2, -0.15) is 21.6 Å². The molecule has 140 valence electrons. The molecular weight excluding hydrogens is 363 g/mol. The van der Waals surface area contributed by atoms with Gasteiger partial charge in [0, 0.05) is 11.6 Å². The third-order valence-corrected chi connectivity index (χ3v) is 4.32. The maximum Gasteiger partial charge on any atom is 0.534 e. The molecule has 0 saturated carbocycles. The second-order valence-electron chi connectivity index (χ2n) is 6.63. The standard InChI is InChI=1S/C15H18F3NO5S/c1-14(2,3)23-13(20)19-10-7-9-5-4-6-12(11(9)8-10)24-25(21,22)15(16,17)18/h4-6,10H,7-8H2,1-3H3,(H,19,20). The lowest BCUT2D eigenvalue weighted by atomic mass is 10.1. The van der Waals surface area contributed by atoms with Gasteiger partial charge in [0.2, 0.25) is 0 Å². The Morgan fingerprint density at radius 3 is 2.40 bits per heavy atom. The number of alkyl halides is 3. The summed E-state index contributed by atoms with van der Waals surface area (Å²) in [5.74, 6) is -0.386. The number of alkyl carbamates (subject to hydrolysis) is 1. The quantitative estimate of drug-likeness (QED) is 0.643. The summed E-state index contributed by atoms with van der Waals surface area (Å²) >= 11 is 0. The van der Waals surface area contributed by atoms with Crippen molar-refractivity contribution in [3.63, 3.8) is 0 Å². The highest BCUT2D eigenvalue weighted by atomic mass is 32.2. The minimum absolute atomic E-state index is 0.137. The van der Waals surface area contributed by atoms with Gasteiger partial charge in [-0.3, -0.25) is 0 Å². The van der Waals surface area contributed by atoms with Gasteiger partial charge in [0.25, 0.3) is 0 Å². The molecule has 0 heterocycles. The van der Waals surface area contributed by atoms with Crippen LogP contribution in [-0.4, -0.2) is 31.7 Å². The zero-order valence-electron chi connectivity index (χ0n) is 13.8. The minimum atomic E-state index is -5.75. The van der Waals surface area contributed by atoms with Crippen LogP contribution in [0.1, 0.15) is 31.9 Å². The lowest BCUT2D eigenvalue weighted by Gasteiger charge is -2.21. The molecule has 0 fully saturated rings. The molecule has 1 aromatic carbocycles. The van der Waals surface area contributed by atoms with Gasteiger partial charge in [-0.15, -0.1) is 0 Å². The van der Waals surface area contributed by atoms with E-state index in [4.69, 9.17) is 4.74 Å². The van der Waals surface area contributed by atoms with Crippen molar-refractivity contribution in [3.05, 3.63) is 29.3 Å². The Morgan fingerprint density at radius 1 is 1.20 bits per heavy atom. The Morgan fingerprint density at radius 2 is 1.84 bits per heavy atom. The summed E-state index contributed by atoms with van der Waals surface area (Å²) in [6.07, 6.45) is -0.189. The molecule has 1 unspecified atom stereocenters. The smallest absolute Gasteiger partial charge is 0.444 e. The SMILES string of the molecule is CC(C)(C)OC(=O)NC1Cc2cccc(OS(=O)(=O)C(F)(F)F)c2C1. The maximum atomic E-state index is 12.5. The second kappa shape index (κ2) is 6.40. The summed E-state index contributed by atoms with van der Waals surface area (Å²) < 4.78 is 69.2. The van der Waals surface area contributed by atoms with Crippen molar-refractivity contribution in [1.82, 2.24) is 5.32 Å². The normalized spacial score (nSPS) is 17.8. The number of nitrogens with one attached hydrogen (secondary N) is 1.